The highest BCUT2D eigenvalue weighted by atomic mass is 19.1. The SMILES string of the molecule is O=C(O)Cn1cc(C(=O)N(c2ccc(F)cc2)C2CCC2)nn1. The number of carboxylic acids is 1. The summed E-state index contributed by atoms with van der Waals surface area (Å²) in [6, 6.07) is 5.74. The largest absolute Gasteiger partial charge is 0.480 e. The summed E-state index contributed by atoms with van der Waals surface area (Å²) in [5, 5.41) is 16.2. The molecule has 0 saturated heterocycles. The number of anilines is 1. The van der Waals surface area contributed by atoms with Crippen LogP contribution in [0.3, 0.4) is 0 Å². The van der Waals surface area contributed by atoms with Crippen LogP contribution in [-0.2, 0) is 11.3 Å². The lowest BCUT2D eigenvalue weighted by Gasteiger charge is -2.37. The van der Waals surface area contributed by atoms with Crippen molar-refractivity contribution in [3.05, 3.63) is 42.0 Å². The number of benzene rings is 1. The normalized spacial score (nSPS) is 14.3. The van der Waals surface area contributed by atoms with Gasteiger partial charge in [0, 0.05) is 11.7 Å². The first-order chi connectivity index (χ1) is 11.0. The minimum absolute atomic E-state index is 0.0394. The van der Waals surface area contributed by atoms with E-state index in [2.05, 4.69) is 10.3 Å². The Morgan fingerprint density at radius 1 is 1.30 bits per heavy atom. The van der Waals surface area contributed by atoms with Crippen LogP contribution >= 0.6 is 0 Å². The van der Waals surface area contributed by atoms with Crippen molar-refractivity contribution >= 4 is 17.6 Å². The second-order valence-electron chi connectivity index (χ2n) is 5.43. The molecule has 1 saturated carbocycles. The van der Waals surface area contributed by atoms with Crippen LogP contribution in [0.2, 0.25) is 0 Å². The van der Waals surface area contributed by atoms with Gasteiger partial charge in [0.1, 0.15) is 12.4 Å². The van der Waals surface area contributed by atoms with Gasteiger partial charge in [-0.1, -0.05) is 5.21 Å². The highest BCUT2D eigenvalue weighted by Gasteiger charge is 2.32. The second-order valence-corrected chi connectivity index (χ2v) is 5.43. The van der Waals surface area contributed by atoms with Crippen molar-refractivity contribution in [1.29, 1.82) is 0 Å². The summed E-state index contributed by atoms with van der Waals surface area (Å²) in [6.07, 6.45) is 4.08. The molecule has 1 aliphatic rings. The molecule has 1 aromatic carbocycles. The number of rotatable bonds is 5. The number of amides is 1. The molecule has 2 aromatic rings. The Morgan fingerprint density at radius 3 is 2.57 bits per heavy atom. The fourth-order valence-corrected chi connectivity index (χ4v) is 2.48. The number of aromatic nitrogens is 3. The van der Waals surface area contributed by atoms with Crippen LogP contribution in [0.4, 0.5) is 10.1 Å². The van der Waals surface area contributed by atoms with Crippen molar-refractivity contribution in [3.63, 3.8) is 0 Å². The van der Waals surface area contributed by atoms with E-state index in [1.54, 1.807) is 17.0 Å². The van der Waals surface area contributed by atoms with Crippen LogP contribution in [0.5, 0.6) is 0 Å². The quantitative estimate of drug-likeness (QED) is 0.906. The molecule has 3 rings (SSSR count). The van der Waals surface area contributed by atoms with Crippen LogP contribution in [0.25, 0.3) is 0 Å². The van der Waals surface area contributed by atoms with Gasteiger partial charge in [0.05, 0.1) is 6.20 Å². The lowest BCUT2D eigenvalue weighted by Crippen LogP contribution is -2.44. The van der Waals surface area contributed by atoms with Crippen LogP contribution in [0, 0.1) is 5.82 Å². The number of hydrogen-bond acceptors (Lipinski definition) is 4. The molecule has 0 unspecified atom stereocenters. The van der Waals surface area contributed by atoms with Crippen molar-refractivity contribution in [2.75, 3.05) is 4.90 Å². The molecule has 1 aromatic heterocycles. The maximum atomic E-state index is 13.1. The number of aliphatic carboxylic acids is 1. The summed E-state index contributed by atoms with van der Waals surface area (Å²) in [5.41, 5.74) is 0.663. The lowest BCUT2D eigenvalue weighted by atomic mass is 9.90. The monoisotopic (exact) mass is 318 g/mol. The van der Waals surface area contributed by atoms with E-state index in [0.717, 1.165) is 23.9 Å². The van der Waals surface area contributed by atoms with Gasteiger partial charge in [-0.2, -0.15) is 0 Å². The van der Waals surface area contributed by atoms with E-state index >= 15 is 0 Å². The van der Waals surface area contributed by atoms with E-state index in [9.17, 15) is 14.0 Å². The van der Waals surface area contributed by atoms with Crippen molar-refractivity contribution in [1.82, 2.24) is 15.0 Å². The molecule has 1 aliphatic carbocycles. The van der Waals surface area contributed by atoms with E-state index in [0.29, 0.717) is 5.69 Å². The molecule has 7 nitrogen and oxygen atoms in total. The first kappa shape index (κ1) is 15.1. The molecule has 23 heavy (non-hydrogen) atoms. The molecule has 1 amide bonds. The van der Waals surface area contributed by atoms with Gasteiger partial charge in [-0.05, 0) is 43.5 Å². The summed E-state index contributed by atoms with van der Waals surface area (Å²) in [6.45, 7) is -0.361. The van der Waals surface area contributed by atoms with Gasteiger partial charge in [-0.15, -0.1) is 5.10 Å². The third-order valence-corrected chi connectivity index (χ3v) is 3.82. The molecule has 0 atom stereocenters. The number of carboxylic acid groups (broad SMARTS) is 1. The van der Waals surface area contributed by atoms with Crippen molar-refractivity contribution in [3.8, 4) is 0 Å². The number of carbonyl (C=O) groups excluding carboxylic acids is 1. The number of carbonyl (C=O) groups is 2. The predicted molar refractivity (Wildman–Crippen MR) is 78.5 cm³/mol. The molecular formula is C15H15FN4O3. The van der Waals surface area contributed by atoms with Gasteiger partial charge in [0.15, 0.2) is 5.69 Å². The third-order valence-electron chi connectivity index (χ3n) is 3.82. The van der Waals surface area contributed by atoms with Crippen molar-refractivity contribution in [2.45, 2.75) is 31.8 Å². The zero-order valence-corrected chi connectivity index (χ0v) is 12.2. The van der Waals surface area contributed by atoms with Crippen LogP contribution in [0.1, 0.15) is 29.8 Å². The smallest absolute Gasteiger partial charge is 0.325 e. The van der Waals surface area contributed by atoms with Gasteiger partial charge in [-0.3, -0.25) is 9.59 Å². The third kappa shape index (κ3) is 3.20. The minimum atomic E-state index is -1.07. The molecule has 1 fully saturated rings. The molecule has 0 aliphatic heterocycles. The lowest BCUT2D eigenvalue weighted by molar-refractivity contribution is -0.137. The van der Waals surface area contributed by atoms with E-state index in [1.807, 2.05) is 0 Å². The molecule has 0 bridgehead atoms. The maximum Gasteiger partial charge on any atom is 0.325 e. The Kier molecular flexibility index (Phi) is 4.05. The Labute approximate surface area is 131 Å². The fourth-order valence-electron chi connectivity index (χ4n) is 2.48. The molecule has 0 spiro atoms. The zero-order valence-electron chi connectivity index (χ0n) is 12.2. The Bertz CT molecular complexity index is 725. The van der Waals surface area contributed by atoms with Crippen molar-refractivity contribution in [2.24, 2.45) is 0 Å². The first-order valence-corrected chi connectivity index (χ1v) is 7.25. The number of nitrogens with zero attached hydrogens (tertiary/aromatic N) is 4. The van der Waals surface area contributed by atoms with Crippen LogP contribution in [-0.4, -0.2) is 38.0 Å². The van der Waals surface area contributed by atoms with Gasteiger partial charge in [0.2, 0.25) is 0 Å². The highest BCUT2D eigenvalue weighted by molar-refractivity contribution is 6.05. The minimum Gasteiger partial charge on any atom is -0.480 e. The van der Waals surface area contributed by atoms with Gasteiger partial charge >= 0.3 is 5.97 Å². The standard InChI is InChI=1S/C15H15FN4O3/c16-10-4-6-12(7-5-10)20(11-2-1-3-11)15(23)13-8-19(18-17-13)9-14(21)22/h4-8,11H,1-3,9H2,(H,21,22). The summed E-state index contributed by atoms with van der Waals surface area (Å²) >= 11 is 0. The van der Waals surface area contributed by atoms with E-state index in [1.165, 1.54) is 18.3 Å². The summed E-state index contributed by atoms with van der Waals surface area (Å²) in [4.78, 5) is 25.0. The van der Waals surface area contributed by atoms with E-state index in [4.69, 9.17) is 5.11 Å². The number of halogens is 1. The topological polar surface area (TPSA) is 88.3 Å². The zero-order chi connectivity index (χ0) is 16.4. The van der Waals surface area contributed by atoms with E-state index < -0.39 is 5.97 Å². The van der Waals surface area contributed by atoms with Gasteiger partial charge in [0.25, 0.3) is 5.91 Å². The maximum absolute atomic E-state index is 13.1. The van der Waals surface area contributed by atoms with Gasteiger partial charge in [-0.25, -0.2) is 9.07 Å². The number of hydrogen-bond donors (Lipinski definition) is 1. The summed E-state index contributed by atoms with van der Waals surface area (Å²) in [7, 11) is 0. The molecule has 1 heterocycles. The molecule has 0 radical (unpaired) electrons. The molecule has 120 valence electrons. The summed E-state index contributed by atoms with van der Waals surface area (Å²) < 4.78 is 14.2. The van der Waals surface area contributed by atoms with Crippen LogP contribution < -0.4 is 4.90 Å². The van der Waals surface area contributed by atoms with Crippen LogP contribution in [0.15, 0.2) is 30.5 Å². The highest BCUT2D eigenvalue weighted by Crippen LogP contribution is 2.30. The van der Waals surface area contributed by atoms with Crippen molar-refractivity contribution < 1.29 is 19.1 Å². The predicted octanol–water partition coefficient (Wildman–Crippen LogP) is 1.70. The fraction of sp³-hybridized carbons (Fsp3) is 0.333. The van der Waals surface area contributed by atoms with Gasteiger partial charge < -0.3 is 10.0 Å². The Morgan fingerprint density at radius 2 is 2.00 bits per heavy atom. The molecule has 8 heteroatoms. The average Bonchev–Trinajstić information content (AvgIpc) is 2.91. The Balaban J connectivity index is 1.87. The summed E-state index contributed by atoms with van der Waals surface area (Å²) in [5.74, 6) is -1.80. The van der Waals surface area contributed by atoms with E-state index in [-0.39, 0.29) is 30.0 Å². The second kappa shape index (κ2) is 6.15. The molecular weight excluding hydrogens is 303 g/mol. The average molecular weight is 318 g/mol. The first-order valence-electron chi connectivity index (χ1n) is 7.25. The molecule has 1 N–H and O–H groups in total. The Hall–Kier alpha value is -2.77.